The summed E-state index contributed by atoms with van der Waals surface area (Å²) in [6.07, 6.45) is 7.79. The molecule has 0 spiro atoms. The van der Waals surface area contributed by atoms with E-state index < -0.39 is 12.1 Å². The molecule has 2 atom stereocenters. The number of fused-ring (bicyclic) bond motifs is 3. The largest absolute Gasteiger partial charge is 0.493 e. The highest BCUT2D eigenvalue weighted by molar-refractivity contribution is 7.98. The lowest BCUT2D eigenvalue weighted by Gasteiger charge is -2.19. The van der Waals surface area contributed by atoms with Crippen LogP contribution in [-0.4, -0.2) is 62.7 Å². The maximum Gasteiger partial charge on any atom is 0.242 e. The van der Waals surface area contributed by atoms with Crippen molar-refractivity contribution in [2.45, 2.75) is 44.7 Å². The van der Waals surface area contributed by atoms with E-state index in [4.69, 9.17) is 14.2 Å². The summed E-state index contributed by atoms with van der Waals surface area (Å²) in [7, 11) is 4.68. The van der Waals surface area contributed by atoms with Crippen LogP contribution in [0, 0.1) is 0 Å². The summed E-state index contributed by atoms with van der Waals surface area (Å²) in [4.78, 5) is 43.3. The molecule has 44 heavy (non-hydrogen) atoms. The summed E-state index contributed by atoms with van der Waals surface area (Å²) in [5, 5.41) is 9.25. The van der Waals surface area contributed by atoms with Gasteiger partial charge in [0.15, 0.2) is 11.5 Å². The van der Waals surface area contributed by atoms with Gasteiger partial charge in [-0.25, -0.2) is 0 Å². The second kappa shape index (κ2) is 15.5. The zero-order valence-corrected chi connectivity index (χ0v) is 26.6. The second-order valence-electron chi connectivity index (χ2n) is 10.5. The number of ether oxygens (including phenoxy) is 3. The summed E-state index contributed by atoms with van der Waals surface area (Å²) in [6, 6.07) is 9.81. The molecule has 1 aliphatic rings. The second-order valence-corrected chi connectivity index (χ2v) is 11.5. The van der Waals surface area contributed by atoms with E-state index in [1.54, 1.807) is 57.6 Å². The van der Waals surface area contributed by atoms with Gasteiger partial charge in [0.1, 0.15) is 6.04 Å². The number of methoxy groups -OCH3 is 3. The van der Waals surface area contributed by atoms with Crippen molar-refractivity contribution in [1.82, 2.24) is 15.6 Å². The lowest BCUT2D eigenvalue weighted by atomic mass is 9.95. The van der Waals surface area contributed by atoms with E-state index in [0.29, 0.717) is 55.0 Å². The number of aryl methyl sites for hydroxylation is 1. The Balaban J connectivity index is 1.75. The molecule has 0 bridgehead atoms. The minimum absolute atomic E-state index is 0.180. The van der Waals surface area contributed by atoms with Crippen molar-refractivity contribution in [3.63, 3.8) is 0 Å². The quantitative estimate of drug-likeness (QED) is 0.258. The predicted molar refractivity (Wildman–Crippen MR) is 174 cm³/mol. The molecule has 0 fully saturated rings. The zero-order chi connectivity index (χ0) is 31.6. The van der Waals surface area contributed by atoms with Crippen molar-refractivity contribution in [1.29, 1.82) is 0 Å². The first kappa shape index (κ1) is 32.7. The number of hydrogen-bond donors (Lipinski definition) is 3. The van der Waals surface area contributed by atoms with Gasteiger partial charge in [-0.1, -0.05) is 6.07 Å². The molecule has 2 aromatic carbocycles. The highest BCUT2D eigenvalue weighted by Gasteiger charge is 2.30. The van der Waals surface area contributed by atoms with Crippen molar-refractivity contribution in [2.75, 3.05) is 45.2 Å². The Morgan fingerprint density at radius 2 is 1.80 bits per heavy atom. The molecule has 0 radical (unpaired) electrons. The maximum atomic E-state index is 13.8. The van der Waals surface area contributed by atoms with Gasteiger partial charge in [-0.2, -0.15) is 11.8 Å². The molecule has 0 saturated carbocycles. The minimum atomic E-state index is -0.618. The van der Waals surface area contributed by atoms with Crippen molar-refractivity contribution >= 4 is 29.3 Å². The van der Waals surface area contributed by atoms with Crippen LogP contribution >= 0.6 is 11.8 Å². The standard InChI is InChI=1S/C33H40N4O6S/c1-20(38)36-25-8-6-22-18-29(41-2)31(42-3)32(43-4)30(22)23-7-9-26(28(39)19-24(23)25)37-27(13-17-44-5)33(40)35-16-12-21-10-14-34-15-11-21/h7,9-11,14-15,18-19,25,27H,6,8,12-13,16-17H2,1-5H3,(H,35,40)(H,36,38)(H,37,39)/t25-,27-/m1/s1. The smallest absolute Gasteiger partial charge is 0.242 e. The SMILES string of the molecule is COc1cc2c(c(OC)c1OC)-c1ccc(N[C@H](CCSC)C(=O)NCCc3ccncc3)c(=O)cc1[C@H](NC(C)=O)CC2. The third kappa shape index (κ3) is 7.63. The molecule has 1 heterocycles. The van der Waals surface area contributed by atoms with Gasteiger partial charge in [0.25, 0.3) is 0 Å². The maximum absolute atomic E-state index is 13.8. The lowest BCUT2D eigenvalue weighted by molar-refractivity contribution is -0.122. The van der Waals surface area contributed by atoms with Crippen LogP contribution in [0.5, 0.6) is 17.2 Å². The number of anilines is 1. The summed E-state index contributed by atoms with van der Waals surface area (Å²) in [5.74, 6) is 1.79. The van der Waals surface area contributed by atoms with Crippen LogP contribution < -0.4 is 35.6 Å². The fourth-order valence-corrected chi connectivity index (χ4v) is 5.99. The molecule has 4 rings (SSSR count). The van der Waals surface area contributed by atoms with Gasteiger partial charge in [-0.15, -0.1) is 0 Å². The van der Waals surface area contributed by atoms with Gasteiger partial charge in [-0.05, 0) is 90.3 Å². The van der Waals surface area contributed by atoms with E-state index in [9.17, 15) is 14.4 Å². The van der Waals surface area contributed by atoms with Crippen molar-refractivity contribution < 1.29 is 23.8 Å². The summed E-state index contributed by atoms with van der Waals surface area (Å²) in [6.45, 7) is 1.92. The number of amides is 2. The molecule has 11 heteroatoms. The third-order valence-electron chi connectivity index (χ3n) is 7.64. The Kier molecular flexibility index (Phi) is 11.5. The average molecular weight is 621 g/mol. The number of pyridine rings is 1. The third-order valence-corrected chi connectivity index (χ3v) is 8.28. The van der Waals surface area contributed by atoms with E-state index in [2.05, 4.69) is 20.9 Å². The Morgan fingerprint density at radius 3 is 2.45 bits per heavy atom. The number of nitrogens with one attached hydrogen (secondary N) is 3. The Hall–Kier alpha value is -4.25. The molecule has 3 N–H and O–H groups in total. The van der Waals surface area contributed by atoms with Gasteiger partial charge < -0.3 is 30.2 Å². The molecule has 0 aliphatic heterocycles. The topological polar surface area (TPSA) is 128 Å². The van der Waals surface area contributed by atoms with Crippen LogP contribution in [0.15, 0.2) is 53.6 Å². The number of aromatic nitrogens is 1. The normalized spacial score (nSPS) is 14.2. The highest BCUT2D eigenvalue weighted by atomic mass is 32.2. The van der Waals surface area contributed by atoms with Crippen LogP contribution in [0.4, 0.5) is 5.69 Å². The van der Waals surface area contributed by atoms with Crippen LogP contribution in [0.1, 0.15) is 42.5 Å². The first-order chi connectivity index (χ1) is 21.3. The highest BCUT2D eigenvalue weighted by Crippen LogP contribution is 2.50. The monoisotopic (exact) mass is 620 g/mol. The van der Waals surface area contributed by atoms with Crippen molar-refractivity contribution in [2.24, 2.45) is 0 Å². The van der Waals surface area contributed by atoms with Gasteiger partial charge in [0.05, 0.1) is 33.1 Å². The molecule has 0 unspecified atom stereocenters. The first-order valence-corrected chi connectivity index (χ1v) is 15.9. The summed E-state index contributed by atoms with van der Waals surface area (Å²) < 4.78 is 17.1. The number of carbonyl (C=O) groups excluding carboxylic acids is 2. The fourth-order valence-electron chi connectivity index (χ4n) is 5.52. The Morgan fingerprint density at radius 1 is 1.05 bits per heavy atom. The van der Waals surface area contributed by atoms with E-state index >= 15 is 0 Å². The Labute approximate surface area is 262 Å². The Bertz CT molecular complexity index is 1540. The van der Waals surface area contributed by atoms with Crippen LogP contribution in [0.25, 0.3) is 11.1 Å². The van der Waals surface area contributed by atoms with Crippen molar-refractivity contribution in [3.05, 3.63) is 75.7 Å². The number of nitrogens with zero attached hydrogens (tertiary/aromatic N) is 1. The summed E-state index contributed by atoms with van der Waals surface area (Å²) in [5.41, 5.74) is 4.16. The number of hydrogen-bond acceptors (Lipinski definition) is 9. The first-order valence-electron chi connectivity index (χ1n) is 14.5. The number of thioether (sulfide) groups is 1. The van der Waals surface area contributed by atoms with E-state index in [1.807, 2.05) is 30.5 Å². The molecular formula is C33H40N4O6S. The van der Waals surface area contributed by atoms with Crippen LogP contribution in [-0.2, 0) is 22.4 Å². The lowest BCUT2D eigenvalue weighted by Crippen LogP contribution is -2.41. The van der Waals surface area contributed by atoms with E-state index in [0.717, 1.165) is 28.0 Å². The van der Waals surface area contributed by atoms with Gasteiger partial charge >= 0.3 is 0 Å². The molecule has 0 saturated heterocycles. The molecule has 1 aliphatic carbocycles. The van der Waals surface area contributed by atoms with E-state index in [1.165, 1.54) is 6.92 Å². The molecule has 2 amide bonds. The summed E-state index contributed by atoms with van der Waals surface area (Å²) >= 11 is 1.63. The molecular weight excluding hydrogens is 580 g/mol. The fraction of sp³-hybridized carbons (Fsp3) is 0.394. The van der Waals surface area contributed by atoms with Crippen LogP contribution in [0.2, 0.25) is 0 Å². The number of rotatable bonds is 13. The minimum Gasteiger partial charge on any atom is -0.493 e. The molecule has 10 nitrogen and oxygen atoms in total. The molecule has 234 valence electrons. The van der Waals surface area contributed by atoms with Gasteiger partial charge in [0.2, 0.25) is 23.0 Å². The molecule has 3 aromatic rings. The van der Waals surface area contributed by atoms with E-state index in [-0.39, 0.29) is 22.9 Å². The van der Waals surface area contributed by atoms with Crippen LogP contribution in [0.3, 0.4) is 0 Å². The predicted octanol–water partition coefficient (Wildman–Crippen LogP) is 4.15. The number of carbonyl (C=O) groups is 2. The number of benzene rings is 1. The van der Waals surface area contributed by atoms with Gasteiger partial charge in [-0.3, -0.25) is 19.4 Å². The zero-order valence-electron chi connectivity index (χ0n) is 25.8. The average Bonchev–Trinajstić information content (AvgIpc) is 3.26. The van der Waals surface area contributed by atoms with Crippen molar-refractivity contribution in [3.8, 4) is 28.4 Å². The molecule has 1 aromatic heterocycles. The van der Waals surface area contributed by atoms with Gasteiger partial charge in [0, 0.05) is 31.4 Å².